The fourth-order valence-corrected chi connectivity index (χ4v) is 5.52. The monoisotopic (exact) mass is 536 g/mol. The first-order valence-electron chi connectivity index (χ1n) is 12.8. The van der Waals surface area contributed by atoms with E-state index in [1.165, 1.54) is 6.07 Å². The molecular formula is C32H24O8. The van der Waals surface area contributed by atoms with Crippen LogP contribution in [0.1, 0.15) is 54.5 Å². The van der Waals surface area contributed by atoms with Crippen molar-refractivity contribution in [3.63, 3.8) is 0 Å². The summed E-state index contributed by atoms with van der Waals surface area (Å²) in [7, 11) is 0. The van der Waals surface area contributed by atoms with E-state index in [1.807, 2.05) is 27.7 Å². The third-order valence-electron chi connectivity index (χ3n) is 8.00. The average molecular weight is 537 g/mol. The number of ketones is 2. The molecule has 3 aromatic carbocycles. The minimum atomic E-state index is -1.67. The summed E-state index contributed by atoms with van der Waals surface area (Å²) >= 11 is 0. The van der Waals surface area contributed by atoms with Gasteiger partial charge in [-0.1, -0.05) is 12.1 Å². The van der Waals surface area contributed by atoms with Gasteiger partial charge in [0.1, 0.15) is 28.9 Å². The van der Waals surface area contributed by atoms with Gasteiger partial charge in [0.15, 0.2) is 17.0 Å². The SMILES string of the molecule is Cc1cc2c(cc1C)C(=O)C(C(c1coc3ccccc3c1=O)C1C(=O)Oc3cc(C)c(C)cc3C1=O)C(=O)O2. The fraction of sp³-hybridized carbons (Fsp3) is 0.219. The predicted octanol–water partition coefficient (Wildman–Crippen LogP) is 4.95. The van der Waals surface area contributed by atoms with Crippen LogP contribution in [0, 0.1) is 39.5 Å². The van der Waals surface area contributed by atoms with E-state index in [2.05, 4.69) is 0 Å². The van der Waals surface area contributed by atoms with Gasteiger partial charge in [0, 0.05) is 11.5 Å². The molecule has 0 bridgehead atoms. The molecule has 1 aromatic heterocycles. The van der Waals surface area contributed by atoms with Crippen LogP contribution in [-0.2, 0) is 9.59 Å². The number of aryl methyl sites for hydroxylation is 4. The first kappa shape index (κ1) is 25.4. The standard InChI is InChI=1S/C32H24O8/c1-14-9-19-23(11-16(14)3)39-31(36)26(29(19)34)25(21-13-38-22-8-6-5-7-18(22)28(21)33)27-30(35)20-10-15(2)17(4)12-24(20)40-32(27)37/h5-13,25-27H,1-4H3. The van der Waals surface area contributed by atoms with Gasteiger partial charge in [-0.05, 0) is 86.3 Å². The molecule has 0 amide bonds. The number of benzene rings is 3. The van der Waals surface area contributed by atoms with Gasteiger partial charge in [-0.15, -0.1) is 0 Å². The lowest BCUT2D eigenvalue weighted by Crippen LogP contribution is -2.47. The molecule has 2 unspecified atom stereocenters. The third kappa shape index (κ3) is 3.78. The molecule has 200 valence electrons. The molecule has 0 saturated heterocycles. The van der Waals surface area contributed by atoms with Gasteiger partial charge in [0.05, 0.1) is 22.8 Å². The molecule has 0 radical (unpaired) electrons. The average Bonchev–Trinajstić information content (AvgIpc) is 2.91. The number of hydrogen-bond acceptors (Lipinski definition) is 8. The normalized spacial score (nSPS) is 19.1. The summed E-state index contributed by atoms with van der Waals surface area (Å²) in [5, 5.41) is 0.178. The van der Waals surface area contributed by atoms with Gasteiger partial charge in [0.25, 0.3) is 0 Å². The van der Waals surface area contributed by atoms with Crippen LogP contribution in [0.3, 0.4) is 0 Å². The third-order valence-corrected chi connectivity index (χ3v) is 8.00. The highest BCUT2D eigenvalue weighted by Gasteiger charge is 2.53. The summed E-state index contributed by atoms with van der Waals surface area (Å²) in [6, 6.07) is 12.9. The van der Waals surface area contributed by atoms with E-state index in [4.69, 9.17) is 13.9 Å². The van der Waals surface area contributed by atoms with Gasteiger partial charge >= 0.3 is 11.9 Å². The Balaban J connectivity index is 1.59. The molecule has 0 N–H and O–H groups in total. The Bertz CT molecular complexity index is 1770. The molecule has 8 heteroatoms. The topological polar surface area (TPSA) is 117 Å². The van der Waals surface area contributed by atoms with Crippen molar-refractivity contribution in [2.45, 2.75) is 33.6 Å². The van der Waals surface area contributed by atoms with Crippen molar-refractivity contribution in [2.75, 3.05) is 0 Å². The van der Waals surface area contributed by atoms with Gasteiger partial charge in [-0.25, -0.2) is 0 Å². The fourth-order valence-electron chi connectivity index (χ4n) is 5.52. The Hall–Kier alpha value is -4.85. The highest BCUT2D eigenvalue weighted by molar-refractivity contribution is 6.18. The number of ether oxygens (including phenoxy) is 2. The van der Waals surface area contributed by atoms with Gasteiger partial charge < -0.3 is 13.9 Å². The molecule has 0 spiro atoms. The van der Waals surface area contributed by atoms with E-state index >= 15 is 0 Å². The maximum absolute atomic E-state index is 14.0. The van der Waals surface area contributed by atoms with Crippen LogP contribution in [0.2, 0.25) is 0 Å². The first-order valence-corrected chi connectivity index (χ1v) is 12.8. The second-order valence-corrected chi connectivity index (χ2v) is 10.4. The number of hydrogen-bond donors (Lipinski definition) is 0. The zero-order valence-electron chi connectivity index (χ0n) is 22.2. The van der Waals surface area contributed by atoms with Gasteiger partial charge in [0.2, 0.25) is 0 Å². The Morgan fingerprint density at radius 3 is 1.65 bits per heavy atom. The molecular weight excluding hydrogens is 512 g/mol. The molecule has 6 rings (SSSR count). The summed E-state index contributed by atoms with van der Waals surface area (Å²) in [6.07, 6.45) is 1.11. The van der Waals surface area contributed by atoms with Gasteiger partial charge in [-0.2, -0.15) is 0 Å². The maximum atomic E-state index is 14.0. The summed E-state index contributed by atoms with van der Waals surface area (Å²) in [5.74, 6) is -7.95. The molecule has 0 saturated carbocycles. The highest BCUT2D eigenvalue weighted by atomic mass is 16.5. The summed E-state index contributed by atoms with van der Waals surface area (Å²) < 4.78 is 16.9. The molecule has 2 aliphatic heterocycles. The van der Waals surface area contributed by atoms with E-state index in [-0.39, 0.29) is 39.2 Å². The second-order valence-electron chi connectivity index (χ2n) is 10.4. The number of carbonyl (C=O) groups excluding carboxylic acids is 4. The zero-order valence-corrected chi connectivity index (χ0v) is 22.2. The van der Waals surface area contributed by atoms with Gasteiger partial charge in [-0.3, -0.25) is 24.0 Å². The van der Waals surface area contributed by atoms with Crippen LogP contribution in [0.15, 0.2) is 64.0 Å². The lowest BCUT2D eigenvalue weighted by atomic mass is 9.70. The zero-order chi connectivity index (χ0) is 28.5. The number of carbonyl (C=O) groups is 4. The number of para-hydroxylation sites is 1. The first-order chi connectivity index (χ1) is 19.1. The van der Waals surface area contributed by atoms with Crippen LogP contribution in [-0.4, -0.2) is 23.5 Å². The Morgan fingerprint density at radius 1 is 0.650 bits per heavy atom. The van der Waals surface area contributed by atoms with Crippen molar-refractivity contribution in [1.82, 2.24) is 0 Å². The molecule has 40 heavy (non-hydrogen) atoms. The lowest BCUT2D eigenvalue weighted by Gasteiger charge is -2.34. The molecule has 2 aliphatic rings. The Morgan fingerprint density at radius 2 is 1.12 bits per heavy atom. The number of esters is 2. The second kappa shape index (κ2) is 9.12. The van der Waals surface area contributed by atoms with Crippen LogP contribution >= 0.6 is 0 Å². The molecule has 0 aliphatic carbocycles. The van der Waals surface area contributed by atoms with Crippen LogP contribution < -0.4 is 14.9 Å². The minimum absolute atomic E-state index is 0.0904. The largest absolute Gasteiger partial charge is 0.464 e. The Kier molecular flexibility index (Phi) is 5.80. The Labute approximate surface area is 228 Å². The van der Waals surface area contributed by atoms with Crippen LogP contribution in [0.5, 0.6) is 11.5 Å². The quantitative estimate of drug-likeness (QED) is 0.205. The number of rotatable bonds is 3. The van der Waals surface area contributed by atoms with Crippen LogP contribution in [0.4, 0.5) is 0 Å². The van der Waals surface area contributed by atoms with E-state index in [0.717, 1.165) is 28.5 Å². The van der Waals surface area contributed by atoms with E-state index in [9.17, 15) is 24.0 Å². The maximum Gasteiger partial charge on any atom is 0.322 e. The highest BCUT2D eigenvalue weighted by Crippen LogP contribution is 2.44. The summed E-state index contributed by atoms with van der Waals surface area (Å²) in [5.41, 5.74) is 3.03. The molecule has 8 nitrogen and oxygen atoms in total. The summed E-state index contributed by atoms with van der Waals surface area (Å²) in [4.78, 5) is 68.8. The predicted molar refractivity (Wildman–Crippen MR) is 144 cm³/mol. The number of Topliss-reactive ketones (excluding diaryl/α,β-unsaturated/α-hetero) is 2. The van der Waals surface area contributed by atoms with Crippen molar-refractivity contribution in [3.05, 3.63) is 104 Å². The van der Waals surface area contributed by atoms with E-state index < -0.39 is 46.7 Å². The van der Waals surface area contributed by atoms with Crippen molar-refractivity contribution in [2.24, 2.45) is 11.8 Å². The molecule has 2 atom stereocenters. The molecule has 4 aromatic rings. The number of fused-ring (bicyclic) bond motifs is 3. The lowest BCUT2D eigenvalue weighted by molar-refractivity contribution is -0.142. The molecule has 0 fully saturated rings. The van der Waals surface area contributed by atoms with Crippen molar-refractivity contribution >= 4 is 34.5 Å². The molecule has 3 heterocycles. The van der Waals surface area contributed by atoms with E-state index in [1.54, 1.807) is 42.5 Å². The van der Waals surface area contributed by atoms with E-state index in [0.29, 0.717) is 0 Å². The summed E-state index contributed by atoms with van der Waals surface area (Å²) in [6.45, 7) is 7.27. The van der Waals surface area contributed by atoms with Crippen LogP contribution in [0.25, 0.3) is 11.0 Å². The van der Waals surface area contributed by atoms with Crippen molar-refractivity contribution in [3.8, 4) is 11.5 Å². The van der Waals surface area contributed by atoms with Crippen molar-refractivity contribution in [1.29, 1.82) is 0 Å². The smallest absolute Gasteiger partial charge is 0.322 e. The minimum Gasteiger partial charge on any atom is -0.464 e. The van der Waals surface area contributed by atoms with Crippen molar-refractivity contribution < 1.29 is 33.1 Å².